The van der Waals surface area contributed by atoms with Crippen LogP contribution in [0.25, 0.3) is 0 Å². The molecule has 0 radical (unpaired) electrons. The quantitative estimate of drug-likeness (QED) is 0.531. The van der Waals surface area contributed by atoms with Crippen molar-refractivity contribution in [3.05, 3.63) is 32.9 Å². The maximum absolute atomic E-state index is 12.7. The number of alkyl halides is 5. The first kappa shape index (κ1) is 14.5. The van der Waals surface area contributed by atoms with Gasteiger partial charge >= 0.3 is 6.18 Å². The van der Waals surface area contributed by atoms with Crippen LogP contribution in [0.5, 0.6) is 0 Å². The molecule has 19 heavy (non-hydrogen) atoms. The molecule has 0 spiro atoms. The molecule has 0 saturated carbocycles. The monoisotopic (exact) mass is 391 g/mol. The van der Waals surface area contributed by atoms with Crippen molar-refractivity contribution < 1.29 is 26.7 Å². The van der Waals surface area contributed by atoms with E-state index < -0.39 is 36.7 Å². The van der Waals surface area contributed by atoms with Crippen LogP contribution in [0, 0.1) is 3.57 Å². The molecule has 0 N–H and O–H groups in total. The highest BCUT2D eigenvalue weighted by molar-refractivity contribution is 14.1. The lowest BCUT2D eigenvalue weighted by molar-refractivity contribution is -0.138. The minimum absolute atomic E-state index is 0.0458. The van der Waals surface area contributed by atoms with Gasteiger partial charge in [-0.1, -0.05) is 0 Å². The number of hydrogen-bond donors (Lipinski definition) is 0. The van der Waals surface area contributed by atoms with E-state index in [1.165, 1.54) is 28.7 Å². The number of halogens is 6. The Kier molecular flexibility index (Phi) is 3.48. The Labute approximate surface area is 118 Å². The van der Waals surface area contributed by atoms with Gasteiger partial charge < -0.3 is 4.90 Å². The zero-order chi connectivity index (χ0) is 14.4. The standard InChI is InChI=1S/C11H7F5INO/c12-10(13)4-18(5-10)9(19)6-1-2-8(17)7(3-6)11(14,15)16/h1-3H,4-5H2. The van der Waals surface area contributed by atoms with Crippen molar-refractivity contribution in [3.8, 4) is 0 Å². The van der Waals surface area contributed by atoms with Gasteiger partial charge in [0.1, 0.15) is 0 Å². The van der Waals surface area contributed by atoms with Crippen LogP contribution in [-0.4, -0.2) is 29.8 Å². The molecule has 104 valence electrons. The molecule has 2 nitrogen and oxygen atoms in total. The van der Waals surface area contributed by atoms with Gasteiger partial charge in [-0.05, 0) is 40.8 Å². The predicted molar refractivity (Wildman–Crippen MR) is 65.0 cm³/mol. The molecule has 1 aromatic rings. The van der Waals surface area contributed by atoms with Gasteiger partial charge in [-0.25, -0.2) is 8.78 Å². The molecule has 1 saturated heterocycles. The van der Waals surface area contributed by atoms with Crippen molar-refractivity contribution in [2.75, 3.05) is 13.1 Å². The van der Waals surface area contributed by atoms with Crippen molar-refractivity contribution >= 4 is 28.5 Å². The normalized spacial score (nSPS) is 18.1. The number of nitrogens with zero attached hydrogens (tertiary/aromatic N) is 1. The minimum atomic E-state index is -4.58. The number of carbonyl (C=O) groups excluding carboxylic acids is 1. The molecular weight excluding hydrogens is 384 g/mol. The summed E-state index contributed by atoms with van der Waals surface area (Å²) in [6, 6.07) is 3.05. The molecule has 0 aliphatic carbocycles. The van der Waals surface area contributed by atoms with Gasteiger partial charge in [0.05, 0.1) is 18.7 Å². The zero-order valence-corrected chi connectivity index (χ0v) is 11.4. The highest BCUT2D eigenvalue weighted by Gasteiger charge is 2.46. The Balaban J connectivity index is 2.25. The molecule has 8 heteroatoms. The number of amides is 1. The maximum atomic E-state index is 12.7. The first-order valence-electron chi connectivity index (χ1n) is 5.14. The van der Waals surface area contributed by atoms with Gasteiger partial charge in [0, 0.05) is 9.13 Å². The molecule has 0 atom stereocenters. The van der Waals surface area contributed by atoms with Gasteiger partial charge in [0.25, 0.3) is 11.8 Å². The second-order valence-corrected chi connectivity index (χ2v) is 5.37. The molecule has 1 aliphatic heterocycles. The number of carbonyl (C=O) groups is 1. The molecule has 0 bridgehead atoms. The summed E-state index contributed by atoms with van der Waals surface area (Å²) in [5.74, 6) is -3.75. The Morgan fingerprint density at radius 1 is 1.26 bits per heavy atom. The Morgan fingerprint density at radius 3 is 2.32 bits per heavy atom. The topological polar surface area (TPSA) is 20.3 Å². The fourth-order valence-corrected chi connectivity index (χ4v) is 2.36. The second kappa shape index (κ2) is 4.57. The fraction of sp³-hybridized carbons (Fsp3) is 0.364. The van der Waals surface area contributed by atoms with Gasteiger partial charge in [-0.15, -0.1) is 0 Å². The van der Waals surface area contributed by atoms with Gasteiger partial charge in [0.2, 0.25) is 0 Å². The van der Waals surface area contributed by atoms with Crippen molar-refractivity contribution in [2.24, 2.45) is 0 Å². The van der Waals surface area contributed by atoms with Crippen molar-refractivity contribution in [1.29, 1.82) is 0 Å². The SMILES string of the molecule is O=C(c1ccc(I)c(C(F)(F)F)c1)N1CC(F)(F)C1. The molecule has 1 heterocycles. The second-order valence-electron chi connectivity index (χ2n) is 4.21. The molecule has 0 unspecified atom stereocenters. The maximum Gasteiger partial charge on any atom is 0.417 e. The molecule has 1 fully saturated rings. The lowest BCUT2D eigenvalue weighted by Crippen LogP contribution is -2.58. The minimum Gasteiger partial charge on any atom is -0.326 e. The smallest absolute Gasteiger partial charge is 0.326 e. The largest absolute Gasteiger partial charge is 0.417 e. The summed E-state index contributed by atoms with van der Waals surface area (Å²) in [5, 5.41) is 0. The van der Waals surface area contributed by atoms with E-state index in [0.29, 0.717) is 6.07 Å². The van der Waals surface area contributed by atoms with Crippen LogP contribution in [0.3, 0.4) is 0 Å². The van der Waals surface area contributed by atoms with Crippen molar-refractivity contribution in [3.63, 3.8) is 0 Å². The predicted octanol–water partition coefficient (Wildman–Crippen LogP) is 3.40. The zero-order valence-electron chi connectivity index (χ0n) is 9.27. The van der Waals surface area contributed by atoms with Gasteiger partial charge in [0.15, 0.2) is 0 Å². The van der Waals surface area contributed by atoms with E-state index in [1.54, 1.807) is 0 Å². The van der Waals surface area contributed by atoms with Crippen LogP contribution >= 0.6 is 22.6 Å². The van der Waals surface area contributed by atoms with Crippen LogP contribution < -0.4 is 0 Å². The number of hydrogen-bond acceptors (Lipinski definition) is 1. The summed E-state index contributed by atoms with van der Waals surface area (Å²) in [5.41, 5.74) is -1.17. The molecule has 2 rings (SSSR count). The van der Waals surface area contributed by atoms with E-state index >= 15 is 0 Å². The average Bonchev–Trinajstić information content (AvgIpc) is 2.24. The Bertz CT molecular complexity index is 520. The van der Waals surface area contributed by atoms with Crippen LogP contribution in [0.4, 0.5) is 22.0 Å². The summed E-state index contributed by atoms with van der Waals surface area (Å²) >= 11 is 1.51. The van der Waals surface area contributed by atoms with Gasteiger partial charge in [-0.3, -0.25) is 4.79 Å². The number of rotatable bonds is 1. The lowest BCUT2D eigenvalue weighted by atomic mass is 10.1. The Morgan fingerprint density at radius 2 is 1.84 bits per heavy atom. The van der Waals surface area contributed by atoms with Gasteiger partial charge in [-0.2, -0.15) is 13.2 Å². The number of benzene rings is 1. The van der Waals surface area contributed by atoms with Crippen LogP contribution in [-0.2, 0) is 6.18 Å². The third-order valence-electron chi connectivity index (χ3n) is 2.65. The fourth-order valence-electron chi connectivity index (χ4n) is 1.71. The van der Waals surface area contributed by atoms with E-state index in [4.69, 9.17) is 0 Å². The van der Waals surface area contributed by atoms with Crippen LogP contribution in [0.15, 0.2) is 18.2 Å². The molecular formula is C11H7F5INO. The van der Waals surface area contributed by atoms with Crippen LogP contribution in [0.1, 0.15) is 15.9 Å². The summed E-state index contributed by atoms with van der Waals surface area (Å²) in [6.45, 7) is -1.50. The molecule has 1 aliphatic rings. The highest BCUT2D eigenvalue weighted by Crippen LogP contribution is 2.34. The van der Waals surface area contributed by atoms with E-state index in [1.807, 2.05) is 0 Å². The Hall–Kier alpha value is -0.930. The van der Waals surface area contributed by atoms with Crippen molar-refractivity contribution in [2.45, 2.75) is 12.1 Å². The highest BCUT2D eigenvalue weighted by atomic mass is 127. The molecule has 1 aromatic carbocycles. The lowest BCUT2D eigenvalue weighted by Gasteiger charge is -2.38. The number of likely N-dealkylation sites (tertiary alicyclic amines) is 1. The average molecular weight is 391 g/mol. The third kappa shape index (κ3) is 2.98. The van der Waals surface area contributed by atoms with E-state index in [0.717, 1.165) is 11.0 Å². The van der Waals surface area contributed by atoms with E-state index in [-0.39, 0.29) is 9.13 Å². The molecule has 0 aromatic heterocycles. The third-order valence-corrected chi connectivity index (χ3v) is 3.59. The summed E-state index contributed by atoms with van der Waals surface area (Å²) in [7, 11) is 0. The molecule has 1 amide bonds. The van der Waals surface area contributed by atoms with Crippen LogP contribution in [0.2, 0.25) is 0 Å². The van der Waals surface area contributed by atoms with E-state index in [2.05, 4.69) is 0 Å². The summed E-state index contributed by atoms with van der Waals surface area (Å²) in [4.78, 5) is 12.5. The first-order valence-corrected chi connectivity index (χ1v) is 6.22. The van der Waals surface area contributed by atoms with Crippen molar-refractivity contribution in [1.82, 2.24) is 4.90 Å². The summed E-state index contributed by atoms with van der Waals surface area (Å²) in [6.07, 6.45) is -4.58. The summed E-state index contributed by atoms with van der Waals surface area (Å²) < 4.78 is 63.2. The van der Waals surface area contributed by atoms with E-state index in [9.17, 15) is 26.7 Å². The first-order chi connectivity index (χ1) is 8.60.